The van der Waals surface area contributed by atoms with Gasteiger partial charge in [-0.3, -0.25) is 4.72 Å². The van der Waals surface area contributed by atoms with Gasteiger partial charge in [0.15, 0.2) is 0 Å². The summed E-state index contributed by atoms with van der Waals surface area (Å²) in [6.45, 7) is 4.41. The van der Waals surface area contributed by atoms with Crippen LogP contribution in [0.4, 0.5) is 5.69 Å². The normalized spacial score (nSPS) is 11.5. The average molecular weight is 407 g/mol. The molecule has 29 heavy (non-hydrogen) atoms. The molecule has 2 aromatic carbocycles. The number of fused-ring (bicyclic) bond motifs is 1. The lowest BCUT2D eigenvalue weighted by Gasteiger charge is -2.10. The summed E-state index contributed by atoms with van der Waals surface area (Å²) in [6, 6.07) is 17.5. The number of imidazole rings is 1. The van der Waals surface area contributed by atoms with Crippen molar-refractivity contribution in [1.82, 2.24) is 9.38 Å². The highest BCUT2D eigenvalue weighted by atomic mass is 32.2. The number of nitrogens with zero attached hydrogens (tertiary/aromatic N) is 2. The third kappa shape index (κ3) is 3.95. The lowest BCUT2D eigenvalue weighted by atomic mass is 10.1. The van der Waals surface area contributed by atoms with Crippen LogP contribution in [0.15, 0.2) is 78.0 Å². The van der Waals surface area contributed by atoms with Crippen molar-refractivity contribution in [2.45, 2.75) is 18.7 Å². The molecule has 2 aromatic heterocycles. The third-order valence-electron chi connectivity index (χ3n) is 4.53. The van der Waals surface area contributed by atoms with Gasteiger partial charge in [0.2, 0.25) is 0 Å². The number of rotatable bonds is 6. The molecule has 0 bridgehead atoms. The van der Waals surface area contributed by atoms with Crippen molar-refractivity contribution in [2.75, 3.05) is 11.3 Å². The largest absolute Gasteiger partial charge is 0.494 e. The molecule has 0 aliphatic carbocycles. The Morgan fingerprint density at radius 1 is 1.07 bits per heavy atom. The minimum absolute atomic E-state index is 0.176. The van der Waals surface area contributed by atoms with E-state index in [-0.39, 0.29) is 4.90 Å². The van der Waals surface area contributed by atoms with Crippen LogP contribution in [0.25, 0.3) is 16.9 Å². The summed E-state index contributed by atoms with van der Waals surface area (Å²) in [6.07, 6.45) is 3.87. The van der Waals surface area contributed by atoms with Crippen LogP contribution in [0.2, 0.25) is 0 Å². The second kappa shape index (κ2) is 7.60. The van der Waals surface area contributed by atoms with E-state index in [9.17, 15) is 8.42 Å². The maximum Gasteiger partial charge on any atom is 0.261 e. The predicted molar refractivity (Wildman–Crippen MR) is 114 cm³/mol. The lowest BCUT2D eigenvalue weighted by Crippen LogP contribution is -2.12. The van der Waals surface area contributed by atoms with Gasteiger partial charge >= 0.3 is 0 Å². The van der Waals surface area contributed by atoms with Crippen molar-refractivity contribution < 1.29 is 13.2 Å². The number of hydrogen-bond donors (Lipinski definition) is 1. The molecular formula is C22H21N3O3S. The van der Waals surface area contributed by atoms with Crippen molar-refractivity contribution in [1.29, 1.82) is 0 Å². The van der Waals surface area contributed by atoms with Gasteiger partial charge in [-0.1, -0.05) is 18.2 Å². The predicted octanol–water partition coefficient (Wildman–Crippen LogP) is 4.51. The Morgan fingerprint density at radius 2 is 1.86 bits per heavy atom. The molecule has 0 spiro atoms. The minimum atomic E-state index is -3.71. The second-order valence-corrected chi connectivity index (χ2v) is 8.32. The summed E-state index contributed by atoms with van der Waals surface area (Å²) in [5.41, 5.74) is 4.04. The van der Waals surface area contributed by atoms with E-state index in [1.807, 2.05) is 54.9 Å². The number of nitrogens with one attached hydrogen (secondary N) is 1. The van der Waals surface area contributed by atoms with Crippen LogP contribution in [0, 0.1) is 6.92 Å². The SMILES string of the molecule is CCOc1ccc(S(=O)(=O)Nc2cccc(-c3cn4cccc(C)c4n3)c2)cc1. The quantitative estimate of drug-likeness (QED) is 0.510. The summed E-state index contributed by atoms with van der Waals surface area (Å²) in [5, 5.41) is 0. The second-order valence-electron chi connectivity index (χ2n) is 6.64. The lowest BCUT2D eigenvalue weighted by molar-refractivity contribution is 0.340. The van der Waals surface area contributed by atoms with Gasteiger partial charge in [-0.05, 0) is 61.9 Å². The highest BCUT2D eigenvalue weighted by Crippen LogP contribution is 2.25. The van der Waals surface area contributed by atoms with Gasteiger partial charge in [0.25, 0.3) is 10.0 Å². The van der Waals surface area contributed by atoms with E-state index in [1.54, 1.807) is 24.3 Å². The first kappa shape index (κ1) is 19.0. The van der Waals surface area contributed by atoms with E-state index in [0.717, 1.165) is 22.5 Å². The van der Waals surface area contributed by atoms with E-state index in [1.165, 1.54) is 12.1 Å². The molecule has 1 N–H and O–H groups in total. The first-order valence-corrected chi connectivity index (χ1v) is 10.7. The van der Waals surface area contributed by atoms with Gasteiger partial charge in [0, 0.05) is 23.6 Å². The van der Waals surface area contributed by atoms with E-state index in [2.05, 4.69) is 9.71 Å². The van der Waals surface area contributed by atoms with Gasteiger partial charge in [0.05, 0.1) is 17.2 Å². The van der Waals surface area contributed by atoms with Gasteiger partial charge in [0.1, 0.15) is 11.4 Å². The summed E-state index contributed by atoms with van der Waals surface area (Å²) in [7, 11) is -3.71. The molecule has 7 heteroatoms. The third-order valence-corrected chi connectivity index (χ3v) is 5.93. The van der Waals surface area contributed by atoms with Crippen molar-refractivity contribution in [3.05, 3.63) is 78.6 Å². The number of sulfonamides is 1. The minimum Gasteiger partial charge on any atom is -0.494 e. The number of benzene rings is 2. The molecule has 0 aliphatic rings. The van der Waals surface area contributed by atoms with Crippen LogP contribution in [-0.2, 0) is 10.0 Å². The van der Waals surface area contributed by atoms with Crippen LogP contribution in [0.1, 0.15) is 12.5 Å². The fourth-order valence-corrected chi connectivity index (χ4v) is 4.18. The number of aromatic nitrogens is 2. The fraction of sp³-hybridized carbons (Fsp3) is 0.136. The van der Waals surface area contributed by atoms with Crippen LogP contribution >= 0.6 is 0 Å². The Balaban J connectivity index is 1.62. The maximum absolute atomic E-state index is 12.7. The van der Waals surface area contributed by atoms with E-state index >= 15 is 0 Å². The Labute approximate surface area is 169 Å². The zero-order chi connectivity index (χ0) is 20.4. The molecule has 0 unspecified atom stereocenters. The first-order valence-electron chi connectivity index (χ1n) is 9.27. The zero-order valence-corrected chi connectivity index (χ0v) is 17.0. The number of pyridine rings is 1. The topological polar surface area (TPSA) is 72.7 Å². The molecule has 0 saturated heterocycles. The summed E-state index contributed by atoms with van der Waals surface area (Å²) < 4.78 is 35.4. The molecule has 0 aliphatic heterocycles. The van der Waals surface area contributed by atoms with Gasteiger partial charge in [-0.2, -0.15) is 0 Å². The number of hydrogen-bond acceptors (Lipinski definition) is 4. The van der Waals surface area contributed by atoms with Crippen molar-refractivity contribution in [3.63, 3.8) is 0 Å². The Bertz CT molecular complexity index is 1260. The monoisotopic (exact) mass is 407 g/mol. The number of aryl methyl sites for hydroxylation is 1. The molecule has 0 radical (unpaired) electrons. The molecule has 6 nitrogen and oxygen atoms in total. The smallest absolute Gasteiger partial charge is 0.261 e. The van der Waals surface area contributed by atoms with E-state index in [0.29, 0.717) is 18.0 Å². The molecule has 4 rings (SSSR count). The van der Waals surface area contributed by atoms with Crippen LogP contribution < -0.4 is 9.46 Å². The average Bonchev–Trinajstić information content (AvgIpc) is 3.14. The molecule has 0 amide bonds. The number of anilines is 1. The zero-order valence-electron chi connectivity index (χ0n) is 16.2. The molecular weight excluding hydrogens is 386 g/mol. The van der Waals surface area contributed by atoms with Gasteiger partial charge in [-0.15, -0.1) is 0 Å². The Kier molecular flexibility index (Phi) is 4.98. The molecule has 2 heterocycles. The van der Waals surface area contributed by atoms with Crippen molar-refractivity contribution in [2.24, 2.45) is 0 Å². The summed E-state index contributed by atoms with van der Waals surface area (Å²) >= 11 is 0. The Hall–Kier alpha value is -3.32. The molecule has 148 valence electrons. The van der Waals surface area contributed by atoms with Crippen molar-refractivity contribution >= 4 is 21.4 Å². The van der Waals surface area contributed by atoms with Crippen LogP contribution in [0.5, 0.6) is 5.75 Å². The first-order chi connectivity index (χ1) is 14.0. The summed E-state index contributed by atoms with van der Waals surface area (Å²) in [5.74, 6) is 0.635. The summed E-state index contributed by atoms with van der Waals surface area (Å²) in [4.78, 5) is 4.85. The molecule has 0 saturated carbocycles. The number of ether oxygens (including phenoxy) is 1. The maximum atomic E-state index is 12.7. The van der Waals surface area contributed by atoms with Gasteiger partial charge < -0.3 is 9.14 Å². The highest BCUT2D eigenvalue weighted by molar-refractivity contribution is 7.92. The molecule has 0 atom stereocenters. The Morgan fingerprint density at radius 3 is 2.59 bits per heavy atom. The van der Waals surface area contributed by atoms with E-state index < -0.39 is 10.0 Å². The van der Waals surface area contributed by atoms with Gasteiger partial charge in [-0.25, -0.2) is 13.4 Å². The molecule has 4 aromatic rings. The standard InChI is InChI=1S/C22H21N3O3S/c1-3-28-19-9-11-20(12-10-19)29(26,27)24-18-8-4-7-17(14-18)21-15-25-13-5-6-16(2)22(25)23-21/h4-15,24H,3H2,1-2H3. The van der Waals surface area contributed by atoms with Crippen molar-refractivity contribution in [3.8, 4) is 17.0 Å². The van der Waals surface area contributed by atoms with E-state index in [4.69, 9.17) is 4.74 Å². The molecule has 0 fully saturated rings. The highest BCUT2D eigenvalue weighted by Gasteiger charge is 2.15. The van der Waals surface area contributed by atoms with Crippen LogP contribution in [0.3, 0.4) is 0 Å². The fourth-order valence-electron chi connectivity index (χ4n) is 3.13. The van der Waals surface area contributed by atoms with Crippen LogP contribution in [-0.4, -0.2) is 24.4 Å².